The largest absolute Gasteiger partial charge is 0.454 e. The molecule has 1 unspecified atom stereocenters. The van der Waals surface area contributed by atoms with Gasteiger partial charge in [-0.2, -0.15) is 0 Å². The van der Waals surface area contributed by atoms with Crippen LogP contribution in [-0.2, 0) is 11.3 Å². The van der Waals surface area contributed by atoms with E-state index in [1.54, 1.807) is 0 Å². The van der Waals surface area contributed by atoms with E-state index >= 15 is 0 Å². The lowest BCUT2D eigenvalue weighted by Gasteiger charge is -2.12. The SMILES string of the molecule is O=C1CCC(CNCc2cccc3c2OCO3)N1. The van der Waals surface area contributed by atoms with Crippen LogP contribution in [0.3, 0.4) is 0 Å². The number of carbonyl (C=O) groups excluding carboxylic acids is 1. The first-order valence-corrected chi connectivity index (χ1v) is 6.20. The van der Waals surface area contributed by atoms with Gasteiger partial charge in [0.25, 0.3) is 0 Å². The molecule has 3 rings (SSSR count). The van der Waals surface area contributed by atoms with Crippen LogP contribution in [0.5, 0.6) is 11.5 Å². The summed E-state index contributed by atoms with van der Waals surface area (Å²) in [6.07, 6.45) is 1.56. The van der Waals surface area contributed by atoms with Crippen molar-refractivity contribution in [2.24, 2.45) is 0 Å². The molecule has 1 aromatic carbocycles. The molecule has 2 aliphatic heterocycles. The molecule has 2 N–H and O–H groups in total. The van der Waals surface area contributed by atoms with Crippen molar-refractivity contribution in [1.29, 1.82) is 0 Å². The fourth-order valence-corrected chi connectivity index (χ4v) is 2.34. The molecule has 0 aliphatic carbocycles. The Bertz CT molecular complexity index is 462. The number of para-hydroxylation sites is 1. The highest BCUT2D eigenvalue weighted by Gasteiger charge is 2.21. The van der Waals surface area contributed by atoms with Crippen LogP contribution in [0.1, 0.15) is 18.4 Å². The van der Waals surface area contributed by atoms with Crippen LogP contribution in [0, 0.1) is 0 Å². The van der Waals surface area contributed by atoms with Crippen molar-refractivity contribution in [3.05, 3.63) is 23.8 Å². The fourth-order valence-electron chi connectivity index (χ4n) is 2.34. The average molecular weight is 248 g/mol. The number of ether oxygens (including phenoxy) is 2. The zero-order valence-electron chi connectivity index (χ0n) is 10.1. The van der Waals surface area contributed by atoms with Crippen LogP contribution in [0.2, 0.25) is 0 Å². The molecular weight excluding hydrogens is 232 g/mol. The Labute approximate surface area is 105 Å². The lowest BCUT2D eigenvalue weighted by atomic mass is 10.1. The van der Waals surface area contributed by atoms with Crippen molar-refractivity contribution in [1.82, 2.24) is 10.6 Å². The van der Waals surface area contributed by atoms with Crippen molar-refractivity contribution < 1.29 is 14.3 Å². The molecule has 0 saturated carbocycles. The third-order valence-corrected chi connectivity index (χ3v) is 3.27. The minimum Gasteiger partial charge on any atom is -0.454 e. The van der Waals surface area contributed by atoms with Crippen LogP contribution in [0.15, 0.2) is 18.2 Å². The van der Waals surface area contributed by atoms with Gasteiger partial charge in [-0.15, -0.1) is 0 Å². The van der Waals surface area contributed by atoms with E-state index in [1.807, 2.05) is 18.2 Å². The predicted octanol–water partition coefficient (Wildman–Crippen LogP) is 0.783. The van der Waals surface area contributed by atoms with Crippen molar-refractivity contribution >= 4 is 5.91 Å². The quantitative estimate of drug-likeness (QED) is 0.827. The minimum absolute atomic E-state index is 0.152. The van der Waals surface area contributed by atoms with E-state index in [9.17, 15) is 4.79 Å². The molecule has 5 heteroatoms. The summed E-state index contributed by atoms with van der Waals surface area (Å²) in [5, 5.41) is 6.28. The monoisotopic (exact) mass is 248 g/mol. The maximum atomic E-state index is 11.1. The van der Waals surface area contributed by atoms with E-state index < -0.39 is 0 Å². The topological polar surface area (TPSA) is 59.6 Å². The van der Waals surface area contributed by atoms with Crippen molar-refractivity contribution in [3.8, 4) is 11.5 Å². The van der Waals surface area contributed by atoms with Crippen LogP contribution in [0.25, 0.3) is 0 Å². The van der Waals surface area contributed by atoms with E-state index in [2.05, 4.69) is 10.6 Å². The highest BCUT2D eigenvalue weighted by atomic mass is 16.7. The van der Waals surface area contributed by atoms with E-state index in [4.69, 9.17) is 9.47 Å². The molecule has 96 valence electrons. The molecule has 0 aromatic heterocycles. The highest BCUT2D eigenvalue weighted by Crippen LogP contribution is 2.35. The summed E-state index contributed by atoms with van der Waals surface area (Å²) >= 11 is 0. The summed E-state index contributed by atoms with van der Waals surface area (Å²) in [7, 11) is 0. The first-order chi connectivity index (χ1) is 8.83. The summed E-state index contributed by atoms with van der Waals surface area (Å²) < 4.78 is 10.8. The second-order valence-corrected chi connectivity index (χ2v) is 4.58. The van der Waals surface area contributed by atoms with E-state index in [0.29, 0.717) is 13.2 Å². The standard InChI is InChI=1S/C13H16N2O3/c16-12-5-4-10(15-12)7-14-6-9-2-1-3-11-13(9)18-8-17-11/h1-3,10,14H,4-8H2,(H,15,16). The van der Waals surface area contributed by atoms with Gasteiger partial charge in [-0.05, 0) is 12.5 Å². The molecule has 18 heavy (non-hydrogen) atoms. The Morgan fingerprint density at radius 1 is 1.39 bits per heavy atom. The third-order valence-electron chi connectivity index (χ3n) is 3.27. The van der Waals surface area contributed by atoms with Gasteiger partial charge in [-0.1, -0.05) is 12.1 Å². The van der Waals surface area contributed by atoms with E-state index in [0.717, 1.165) is 36.6 Å². The summed E-state index contributed by atoms with van der Waals surface area (Å²) in [5.74, 6) is 1.79. The van der Waals surface area contributed by atoms with Crippen molar-refractivity contribution in [2.45, 2.75) is 25.4 Å². The Hall–Kier alpha value is -1.75. The molecular formula is C13H16N2O3. The predicted molar refractivity (Wildman–Crippen MR) is 65.4 cm³/mol. The summed E-state index contributed by atoms with van der Waals surface area (Å²) in [6, 6.07) is 6.14. The van der Waals surface area contributed by atoms with Gasteiger partial charge in [-0.25, -0.2) is 0 Å². The van der Waals surface area contributed by atoms with Gasteiger partial charge in [0.15, 0.2) is 11.5 Å². The van der Waals surface area contributed by atoms with Crippen molar-refractivity contribution in [3.63, 3.8) is 0 Å². The Kier molecular flexibility index (Phi) is 3.06. The first-order valence-electron chi connectivity index (χ1n) is 6.20. The zero-order chi connectivity index (χ0) is 12.4. The summed E-state index contributed by atoms with van der Waals surface area (Å²) in [4.78, 5) is 11.1. The lowest BCUT2D eigenvalue weighted by Crippen LogP contribution is -2.35. The highest BCUT2D eigenvalue weighted by molar-refractivity contribution is 5.78. The second kappa shape index (κ2) is 4.86. The van der Waals surface area contributed by atoms with Gasteiger partial charge < -0.3 is 20.1 Å². The Morgan fingerprint density at radius 2 is 2.33 bits per heavy atom. The number of rotatable bonds is 4. The lowest BCUT2D eigenvalue weighted by molar-refractivity contribution is -0.119. The maximum absolute atomic E-state index is 11.1. The molecule has 1 atom stereocenters. The number of nitrogens with one attached hydrogen (secondary N) is 2. The van der Waals surface area contributed by atoms with Crippen LogP contribution < -0.4 is 20.1 Å². The summed E-state index contributed by atoms with van der Waals surface area (Å²) in [6.45, 7) is 1.81. The maximum Gasteiger partial charge on any atom is 0.231 e. The molecule has 0 radical (unpaired) electrons. The van der Waals surface area contributed by atoms with Gasteiger partial charge in [-0.3, -0.25) is 4.79 Å². The van der Waals surface area contributed by atoms with Crippen LogP contribution in [-0.4, -0.2) is 25.3 Å². The average Bonchev–Trinajstić information content (AvgIpc) is 2.98. The van der Waals surface area contributed by atoms with Gasteiger partial charge in [0, 0.05) is 31.1 Å². The van der Waals surface area contributed by atoms with Gasteiger partial charge in [0.1, 0.15) is 0 Å². The minimum atomic E-state index is 0.152. The summed E-state index contributed by atoms with van der Waals surface area (Å²) in [5.41, 5.74) is 1.09. The second-order valence-electron chi connectivity index (χ2n) is 4.58. The number of hydrogen-bond acceptors (Lipinski definition) is 4. The fraction of sp³-hybridized carbons (Fsp3) is 0.462. The molecule has 1 aromatic rings. The third kappa shape index (κ3) is 2.26. The van der Waals surface area contributed by atoms with Crippen LogP contribution in [0.4, 0.5) is 0 Å². The Balaban J connectivity index is 1.54. The molecule has 0 bridgehead atoms. The van der Waals surface area contributed by atoms with Gasteiger partial charge in [0.2, 0.25) is 12.7 Å². The molecule has 2 aliphatic rings. The molecule has 2 heterocycles. The van der Waals surface area contributed by atoms with Gasteiger partial charge in [0.05, 0.1) is 0 Å². The Morgan fingerprint density at radius 3 is 3.17 bits per heavy atom. The number of fused-ring (bicyclic) bond motifs is 1. The van der Waals surface area contributed by atoms with E-state index in [-0.39, 0.29) is 11.9 Å². The van der Waals surface area contributed by atoms with Crippen molar-refractivity contribution in [2.75, 3.05) is 13.3 Å². The molecule has 1 fully saturated rings. The molecule has 5 nitrogen and oxygen atoms in total. The normalized spacial score (nSPS) is 21.1. The van der Waals surface area contributed by atoms with E-state index in [1.165, 1.54) is 0 Å². The van der Waals surface area contributed by atoms with Gasteiger partial charge >= 0.3 is 0 Å². The van der Waals surface area contributed by atoms with Crippen LogP contribution >= 0.6 is 0 Å². The molecule has 1 saturated heterocycles. The molecule has 1 amide bonds. The molecule has 0 spiro atoms. The number of carbonyl (C=O) groups is 1. The first kappa shape index (κ1) is 11.3. The zero-order valence-corrected chi connectivity index (χ0v) is 10.1. The number of hydrogen-bond donors (Lipinski definition) is 2. The number of benzene rings is 1. The smallest absolute Gasteiger partial charge is 0.231 e. The number of amides is 1.